The number of likely N-dealkylation sites (tertiary alicyclic amines) is 1. The van der Waals surface area contributed by atoms with E-state index in [0.29, 0.717) is 17.8 Å². The van der Waals surface area contributed by atoms with Crippen LogP contribution in [-0.2, 0) is 0 Å². The lowest BCUT2D eigenvalue weighted by molar-refractivity contribution is 0.0706. The normalized spacial score (nSPS) is 21.5. The van der Waals surface area contributed by atoms with Gasteiger partial charge >= 0.3 is 0 Å². The molecule has 1 saturated heterocycles. The molecule has 1 aliphatic rings. The number of aryl methyl sites for hydroxylation is 1. The topological polar surface area (TPSA) is 85.4 Å². The highest BCUT2D eigenvalue weighted by molar-refractivity contribution is 5.97. The van der Waals surface area contributed by atoms with Gasteiger partial charge in [-0.1, -0.05) is 0 Å². The second kappa shape index (κ2) is 6.25. The molecule has 2 aromatic heterocycles. The van der Waals surface area contributed by atoms with Crippen LogP contribution in [0.5, 0.6) is 0 Å². The van der Waals surface area contributed by atoms with Gasteiger partial charge < -0.3 is 10.0 Å². The minimum absolute atomic E-state index is 0.00685. The van der Waals surface area contributed by atoms with Crippen molar-refractivity contribution in [1.29, 1.82) is 0 Å². The lowest BCUT2D eigenvalue weighted by atomic mass is 10.1. The molecule has 0 spiro atoms. The van der Waals surface area contributed by atoms with Crippen LogP contribution in [0.25, 0.3) is 11.0 Å². The maximum atomic E-state index is 12.8. The zero-order valence-electron chi connectivity index (χ0n) is 13.8. The summed E-state index contributed by atoms with van der Waals surface area (Å²) < 4.78 is 0. The van der Waals surface area contributed by atoms with Crippen molar-refractivity contribution >= 4 is 16.9 Å². The van der Waals surface area contributed by atoms with E-state index in [2.05, 4.69) is 27.0 Å². The molecule has 0 radical (unpaired) electrons. The number of nitrogens with zero attached hydrogens (tertiary/aromatic N) is 4. The van der Waals surface area contributed by atoms with Gasteiger partial charge in [-0.3, -0.25) is 14.8 Å². The third-order valence-electron chi connectivity index (χ3n) is 4.84. The van der Waals surface area contributed by atoms with Gasteiger partial charge in [-0.15, -0.1) is 0 Å². The molecular weight excluding hydrogens is 294 g/mol. The summed E-state index contributed by atoms with van der Waals surface area (Å²) in [5.41, 5.74) is 2.14. The summed E-state index contributed by atoms with van der Waals surface area (Å²) in [6.07, 6.45) is 2.52. The first-order chi connectivity index (χ1) is 11.0. The Balaban J connectivity index is 1.80. The molecule has 1 aliphatic heterocycles. The van der Waals surface area contributed by atoms with Crippen molar-refractivity contribution in [3.8, 4) is 0 Å². The van der Waals surface area contributed by atoms with Crippen LogP contribution < -0.4 is 0 Å². The summed E-state index contributed by atoms with van der Waals surface area (Å²) >= 11 is 0. The Bertz CT molecular complexity index is 714. The Morgan fingerprint density at radius 2 is 2.35 bits per heavy atom. The SMILES string of the molecule is Cc1[nH]nc2ncc(C(=O)N3CC[C@@H](N(C)CCO)[C@H]3C)cc12. The summed E-state index contributed by atoms with van der Waals surface area (Å²) in [6.45, 7) is 5.47. The molecule has 124 valence electrons. The fraction of sp³-hybridized carbons (Fsp3) is 0.562. The van der Waals surface area contributed by atoms with Crippen molar-refractivity contribution in [3.63, 3.8) is 0 Å². The summed E-state index contributed by atoms with van der Waals surface area (Å²) in [5, 5.41) is 17.0. The monoisotopic (exact) mass is 317 g/mol. The summed E-state index contributed by atoms with van der Waals surface area (Å²) in [5.74, 6) is 0.00685. The number of hydrogen-bond donors (Lipinski definition) is 2. The van der Waals surface area contributed by atoms with Gasteiger partial charge in [0.05, 0.1) is 12.2 Å². The Morgan fingerprint density at radius 3 is 3.09 bits per heavy atom. The predicted molar refractivity (Wildman–Crippen MR) is 87.2 cm³/mol. The largest absolute Gasteiger partial charge is 0.395 e. The number of aromatic nitrogens is 3. The molecule has 3 rings (SSSR count). The highest BCUT2D eigenvalue weighted by atomic mass is 16.3. The highest BCUT2D eigenvalue weighted by Gasteiger charge is 2.36. The molecule has 2 atom stereocenters. The summed E-state index contributed by atoms with van der Waals surface area (Å²) in [4.78, 5) is 21.1. The van der Waals surface area contributed by atoms with Crippen LogP contribution >= 0.6 is 0 Å². The quantitative estimate of drug-likeness (QED) is 0.871. The number of carbonyl (C=O) groups is 1. The van der Waals surface area contributed by atoms with E-state index in [1.807, 2.05) is 24.9 Å². The second-order valence-electron chi connectivity index (χ2n) is 6.24. The van der Waals surface area contributed by atoms with Crippen LogP contribution in [0.2, 0.25) is 0 Å². The maximum Gasteiger partial charge on any atom is 0.255 e. The van der Waals surface area contributed by atoms with Crippen molar-refractivity contribution in [2.75, 3.05) is 26.7 Å². The molecule has 23 heavy (non-hydrogen) atoms. The van der Waals surface area contributed by atoms with Crippen molar-refractivity contribution in [1.82, 2.24) is 25.0 Å². The molecule has 2 aromatic rings. The van der Waals surface area contributed by atoms with Crippen LogP contribution in [0, 0.1) is 6.92 Å². The number of carbonyl (C=O) groups excluding carboxylic acids is 1. The number of likely N-dealkylation sites (N-methyl/N-ethyl adjacent to an activating group) is 1. The zero-order valence-corrected chi connectivity index (χ0v) is 13.8. The van der Waals surface area contributed by atoms with E-state index in [1.54, 1.807) is 6.20 Å². The second-order valence-corrected chi connectivity index (χ2v) is 6.24. The van der Waals surface area contributed by atoms with Crippen LogP contribution in [0.3, 0.4) is 0 Å². The number of fused-ring (bicyclic) bond motifs is 1. The van der Waals surface area contributed by atoms with E-state index in [9.17, 15) is 4.79 Å². The van der Waals surface area contributed by atoms with Gasteiger partial charge in [-0.05, 0) is 33.4 Å². The Hall–Kier alpha value is -1.99. The average Bonchev–Trinajstić information content (AvgIpc) is 3.10. The van der Waals surface area contributed by atoms with E-state index >= 15 is 0 Å². The summed E-state index contributed by atoms with van der Waals surface area (Å²) in [7, 11) is 1.99. The van der Waals surface area contributed by atoms with Crippen molar-refractivity contribution < 1.29 is 9.90 Å². The standard InChI is InChI=1S/C16H23N5O2/c1-10-13-8-12(9-17-15(13)19-18-10)16(23)21-5-4-14(11(21)2)20(3)6-7-22/h8-9,11,14,22H,4-7H2,1-3H3,(H,17,18,19)/t11-,14-/m1/s1. The first-order valence-corrected chi connectivity index (χ1v) is 7.95. The van der Waals surface area contributed by atoms with Crippen molar-refractivity contribution in [3.05, 3.63) is 23.5 Å². The third kappa shape index (κ3) is 2.82. The first-order valence-electron chi connectivity index (χ1n) is 7.95. The number of aliphatic hydroxyl groups is 1. The molecule has 0 aliphatic carbocycles. The summed E-state index contributed by atoms with van der Waals surface area (Å²) in [6, 6.07) is 2.25. The lowest BCUT2D eigenvalue weighted by Gasteiger charge is -2.30. The number of pyridine rings is 1. The number of aromatic amines is 1. The molecule has 0 aromatic carbocycles. The number of rotatable bonds is 4. The van der Waals surface area contributed by atoms with Crippen LogP contribution in [0.1, 0.15) is 29.4 Å². The minimum Gasteiger partial charge on any atom is -0.395 e. The number of hydrogen-bond acceptors (Lipinski definition) is 5. The predicted octanol–water partition coefficient (Wildman–Crippen LogP) is 0.793. The zero-order chi connectivity index (χ0) is 16.6. The number of amides is 1. The third-order valence-corrected chi connectivity index (χ3v) is 4.84. The molecule has 7 nitrogen and oxygen atoms in total. The first kappa shape index (κ1) is 15.9. The Kier molecular flexibility index (Phi) is 4.32. The van der Waals surface area contributed by atoms with Gasteiger partial charge in [-0.25, -0.2) is 4.98 Å². The molecule has 1 fully saturated rings. The molecule has 3 heterocycles. The van der Waals surface area contributed by atoms with E-state index in [1.165, 1.54) is 0 Å². The number of nitrogens with one attached hydrogen (secondary N) is 1. The molecule has 0 bridgehead atoms. The highest BCUT2D eigenvalue weighted by Crippen LogP contribution is 2.25. The van der Waals surface area contributed by atoms with Crippen molar-refractivity contribution in [2.45, 2.75) is 32.4 Å². The van der Waals surface area contributed by atoms with Gasteiger partial charge in [0, 0.05) is 42.5 Å². The van der Waals surface area contributed by atoms with Crippen molar-refractivity contribution in [2.24, 2.45) is 0 Å². The molecule has 7 heteroatoms. The van der Waals surface area contributed by atoms with Crippen LogP contribution in [-0.4, -0.2) is 74.8 Å². The van der Waals surface area contributed by atoms with E-state index < -0.39 is 0 Å². The van der Waals surface area contributed by atoms with Crippen LogP contribution in [0.15, 0.2) is 12.3 Å². The van der Waals surface area contributed by atoms with Gasteiger partial charge in [-0.2, -0.15) is 5.10 Å². The minimum atomic E-state index is 0.00685. The average molecular weight is 317 g/mol. The number of aliphatic hydroxyl groups excluding tert-OH is 1. The van der Waals surface area contributed by atoms with E-state index in [0.717, 1.165) is 24.0 Å². The van der Waals surface area contributed by atoms with E-state index in [4.69, 9.17) is 5.11 Å². The molecule has 2 N–H and O–H groups in total. The molecule has 0 saturated carbocycles. The van der Waals surface area contributed by atoms with E-state index in [-0.39, 0.29) is 24.6 Å². The fourth-order valence-electron chi connectivity index (χ4n) is 3.43. The molecule has 1 amide bonds. The fourth-order valence-corrected chi connectivity index (χ4v) is 3.43. The molecule has 0 unspecified atom stereocenters. The van der Waals surface area contributed by atoms with Gasteiger partial charge in [0.1, 0.15) is 0 Å². The van der Waals surface area contributed by atoms with Crippen LogP contribution in [0.4, 0.5) is 0 Å². The van der Waals surface area contributed by atoms with Gasteiger partial charge in [0.15, 0.2) is 5.65 Å². The Morgan fingerprint density at radius 1 is 1.57 bits per heavy atom. The lowest BCUT2D eigenvalue weighted by Crippen LogP contribution is -2.44. The maximum absolute atomic E-state index is 12.8. The smallest absolute Gasteiger partial charge is 0.255 e. The molecular formula is C16H23N5O2. The Labute approximate surface area is 135 Å². The number of H-pyrrole nitrogens is 1. The van der Waals surface area contributed by atoms with Gasteiger partial charge in [0.25, 0.3) is 5.91 Å². The van der Waals surface area contributed by atoms with Gasteiger partial charge in [0.2, 0.25) is 0 Å².